The normalized spacial score (nSPS) is 11.7. The van der Waals surface area contributed by atoms with Crippen molar-refractivity contribution in [1.29, 1.82) is 0 Å². The molecule has 0 N–H and O–H groups in total. The highest BCUT2D eigenvalue weighted by atomic mass is 35.5. The van der Waals surface area contributed by atoms with E-state index in [1.807, 2.05) is 0 Å². The predicted octanol–water partition coefficient (Wildman–Crippen LogP) is 1.84. The molecule has 0 radical (unpaired) electrons. The van der Waals surface area contributed by atoms with Crippen LogP contribution in [0.5, 0.6) is 0 Å². The van der Waals surface area contributed by atoms with Gasteiger partial charge in [0.1, 0.15) is 0 Å². The first-order valence-corrected chi connectivity index (χ1v) is 8.08. The third kappa shape index (κ3) is 4.34. The maximum atomic E-state index is 12.2. The Labute approximate surface area is 129 Å². The summed E-state index contributed by atoms with van der Waals surface area (Å²) in [5.41, 5.74) is 0.333. The van der Waals surface area contributed by atoms with Gasteiger partial charge in [0.15, 0.2) is 0 Å². The fourth-order valence-corrected chi connectivity index (χ4v) is 3.29. The van der Waals surface area contributed by atoms with Gasteiger partial charge < -0.3 is 4.90 Å². The molecule has 0 saturated carbocycles. The van der Waals surface area contributed by atoms with E-state index in [0.717, 1.165) is 4.31 Å². The number of hydrogen-bond donors (Lipinski definition) is 0. The third-order valence-electron chi connectivity index (χ3n) is 2.72. The van der Waals surface area contributed by atoms with Gasteiger partial charge in [-0.05, 0) is 12.1 Å². The molecule has 1 aromatic rings. The van der Waals surface area contributed by atoms with Crippen molar-refractivity contribution in [3.8, 4) is 0 Å². The lowest BCUT2D eigenvalue weighted by Gasteiger charge is -2.19. The number of hydrogen-bond acceptors (Lipinski definition) is 3. The zero-order valence-electron chi connectivity index (χ0n) is 11.4. The second-order valence-electron chi connectivity index (χ2n) is 4.50. The zero-order chi connectivity index (χ0) is 15.5. The van der Waals surface area contributed by atoms with Crippen molar-refractivity contribution in [2.24, 2.45) is 0 Å². The molecule has 1 rings (SSSR count). The van der Waals surface area contributed by atoms with E-state index < -0.39 is 10.0 Å². The minimum Gasteiger partial charge on any atom is -0.348 e. The Morgan fingerprint density at radius 1 is 1.15 bits per heavy atom. The zero-order valence-corrected chi connectivity index (χ0v) is 13.8. The molecule has 1 amide bonds. The van der Waals surface area contributed by atoms with Gasteiger partial charge in [-0.15, -0.1) is 0 Å². The van der Waals surface area contributed by atoms with E-state index in [9.17, 15) is 13.2 Å². The van der Waals surface area contributed by atoms with Crippen LogP contribution in [0.4, 0.5) is 0 Å². The molecule has 0 aliphatic rings. The van der Waals surface area contributed by atoms with Gasteiger partial charge in [0.2, 0.25) is 15.9 Å². The second-order valence-corrected chi connectivity index (χ2v) is 7.39. The molecule has 0 aliphatic carbocycles. The second kappa shape index (κ2) is 6.76. The van der Waals surface area contributed by atoms with E-state index in [4.69, 9.17) is 23.2 Å². The number of halogens is 2. The number of carbonyl (C=O) groups is 1. The molecular formula is C12H16Cl2N2O3S. The summed E-state index contributed by atoms with van der Waals surface area (Å²) in [7, 11) is 0.805. The molecule has 0 unspecified atom stereocenters. The summed E-state index contributed by atoms with van der Waals surface area (Å²) < 4.78 is 25.4. The van der Waals surface area contributed by atoms with Gasteiger partial charge >= 0.3 is 0 Å². The minimum atomic E-state index is -3.67. The van der Waals surface area contributed by atoms with Gasteiger partial charge in [0.25, 0.3) is 0 Å². The van der Waals surface area contributed by atoms with Crippen molar-refractivity contribution >= 4 is 39.1 Å². The largest absolute Gasteiger partial charge is 0.348 e. The highest BCUT2D eigenvalue weighted by Gasteiger charge is 2.23. The Kier molecular flexibility index (Phi) is 5.82. The fourth-order valence-electron chi connectivity index (χ4n) is 1.39. The molecule has 0 atom stereocenters. The van der Waals surface area contributed by atoms with Crippen molar-refractivity contribution in [2.45, 2.75) is 5.75 Å². The summed E-state index contributed by atoms with van der Waals surface area (Å²) in [6, 6.07) is 4.78. The molecule has 0 fully saturated rings. The van der Waals surface area contributed by atoms with Gasteiger partial charge in [-0.3, -0.25) is 4.79 Å². The first-order chi connectivity index (χ1) is 9.15. The van der Waals surface area contributed by atoms with Gasteiger partial charge in [0, 0.05) is 36.8 Å². The van der Waals surface area contributed by atoms with Gasteiger partial charge in [0.05, 0.1) is 12.3 Å². The highest BCUT2D eigenvalue weighted by Crippen LogP contribution is 2.26. The number of rotatable bonds is 5. The first kappa shape index (κ1) is 17.2. The van der Waals surface area contributed by atoms with E-state index in [1.165, 1.54) is 11.9 Å². The molecular weight excluding hydrogens is 323 g/mol. The van der Waals surface area contributed by atoms with E-state index >= 15 is 0 Å². The van der Waals surface area contributed by atoms with Crippen molar-refractivity contribution in [1.82, 2.24) is 9.21 Å². The summed E-state index contributed by atoms with van der Waals surface area (Å²) in [6.45, 7) is -0.225. The maximum Gasteiger partial charge on any atom is 0.237 e. The Hall–Kier alpha value is -0.820. The average Bonchev–Trinajstić information content (AvgIpc) is 2.33. The van der Waals surface area contributed by atoms with Crippen LogP contribution >= 0.6 is 23.2 Å². The molecule has 5 nitrogen and oxygen atoms in total. The Morgan fingerprint density at radius 3 is 2.10 bits per heavy atom. The van der Waals surface area contributed by atoms with Crippen LogP contribution in [0.25, 0.3) is 0 Å². The predicted molar refractivity (Wildman–Crippen MR) is 80.4 cm³/mol. The third-order valence-corrected chi connectivity index (χ3v) is 5.16. The SMILES string of the molecule is CN(C)C(=O)CN(C)S(=O)(=O)Cc1c(Cl)cccc1Cl. The van der Waals surface area contributed by atoms with Crippen molar-refractivity contribution < 1.29 is 13.2 Å². The van der Waals surface area contributed by atoms with Crippen molar-refractivity contribution in [3.63, 3.8) is 0 Å². The van der Waals surface area contributed by atoms with Crippen LogP contribution in [-0.2, 0) is 20.6 Å². The minimum absolute atomic E-state index is 0.225. The van der Waals surface area contributed by atoms with Crippen LogP contribution in [0.3, 0.4) is 0 Å². The Bertz CT molecular complexity index is 582. The summed E-state index contributed by atoms with van der Waals surface area (Å²) in [5, 5.41) is 0.571. The van der Waals surface area contributed by atoms with Gasteiger partial charge in [-0.25, -0.2) is 8.42 Å². The number of benzene rings is 1. The Morgan fingerprint density at radius 2 is 1.65 bits per heavy atom. The molecule has 20 heavy (non-hydrogen) atoms. The molecule has 0 aliphatic heterocycles. The molecule has 0 aromatic heterocycles. The lowest BCUT2D eigenvalue weighted by Crippen LogP contribution is -2.38. The van der Waals surface area contributed by atoms with E-state index in [-0.39, 0.29) is 28.3 Å². The summed E-state index contributed by atoms with van der Waals surface area (Å²) in [5.74, 6) is -0.649. The molecule has 112 valence electrons. The number of sulfonamides is 1. The molecule has 1 aromatic carbocycles. The lowest BCUT2D eigenvalue weighted by atomic mass is 10.2. The van der Waals surface area contributed by atoms with Crippen LogP contribution in [-0.4, -0.2) is 51.2 Å². The summed E-state index contributed by atoms with van der Waals surface area (Å²) >= 11 is 11.9. The van der Waals surface area contributed by atoms with Crippen LogP contribution in [0.15, 0.2) is 18.2 Å². The first-order valence-electron chi connectivity index (χ1n) is 5.72. The number of nitrogens with zero attached hydrogens (tertiary/aromatic N) is 2. The van der Waals surface area contributed by atoms with Crippen molar-refractivity contribution in [3.05, 3.63) is 33.8 Å². The summed E-state index contributed by atoms with van der Waals surface area (Å²) in [4.78, 5) is 12.9. The lowest BCUT2D eigenvalue weighted by molar-refractivity contribution is -0.128. The van der Waals surface area contributed by atoms with E-state index in [2.05, 4.69) is 0 Å². The van der Waals surface area contributed by atoms with Crippen LogP contribution < -0.4 is 0 Å². The van der Waals surface area contributed by atoms with Gasteiger partial charge in [-0.1, -0.05) is 29.3 Å². The van der Waals surface area contributed by atoms with E-state index in [1.54, 1.807) is 32.3 Å². The number of likely N-dealkylation sites (N-methyl/N-ethyl adjacent to an activating group) is 2. The smallest absolute Gasteiger partial charge is 0.237 e. The van der Waals surface area contributed by atoms with Crippen LogP contribution in [0, 0.1) is 0 Å². The Balaban J connectivity index is 2.92. The van der Waals surface area contributed by atoms with Gasteiger partial charge in [-0.2, -0.15) is 4.31 Å². The van der Waals surface area contributed by atoms with E-state index in [0.29, 0.717) is 5.56 Å². The average molecular weight is 339 g/mol. The molecule has 0 heterocycles. The standard InChI is InChI=1S/C12H16Cl2N2O3S/c1-15(2)12(17)7-16(3)20(18,19)8-9-10(13)5-4-6-11(9)14/h4-6H,7-8H2,1-3H3. The monoisotopic (exact) mass is 338 g/mol. The maximum absolute atomic E-state index is 12.2. The van der Waals surface area contributed by atoms with Crippen LogP contribution in [0.2, 0.25) is 10.0 Å². The topological polar surface area (TPSA) is 57.7 Å². The van der Waals surface area contributed by atoms with Crippen molar-refractivity contribution in [2.75, 3.05) is 27.7 Å². The number of carbonyl (C=O) groups excluding carboxylic acids is 1. The highest BCUT2D eigenvalue weighted by molar-refractivity contribution is 7.88. The molecule has 0 spiro atoms. The molecule has 0 bridgehead atoms. The van der Waals surface area contributed by atoms with Crippen LogP contribution in [0.1, 0.15) is 5.56 Å². The number of amides is 1. The quantitative estimate of drug-likeness (QED) is 0.823. The fraction of sp³-hybridized carbons (Fsp3) is 0.417. The summed E-state index contributed by atoms with van der Waals surface area (Å²) in [6.07, 6.45) is 0. The molecule has 0 saturated heterocycles. The molecule has 8 heteroatoms.